The number of aryl methyl sites for hydroxylation is 2. The van der Waals surface area contributed by atoms with Gasteiger partial charge < -0.3 is 14.4 Å². The zero-order chi connectivity index (χ0) is 26.9. The average molecular weight is 611 g/mol. The third-order valence-corrected chi connectivity index (χ3v) is 10.2. The van der Waals surface area contributed by atoms with Gasteiger partial charge in [-0.15, -0.1) is 5.10 Å². The monoisotopic (exact) mass is 609 g/mol. The van der Waals surface area contributed by atoms with Crippen molar-refractivity contribution in [1.82, 2.24) is 29.9 Å². The smallest absolute Gasteiger partial charge is 0.318 e. The molecule has 3 atom stereocenters. The third kappa shape index (κ3) is 4.07. The summed E-state index contributed by atoms with van der Waals surface area (Å²) in [7, 11) is 0. The number of rotatable bonds is 4. The van der Waals surface area contributed by atoms with E-state index in [0.717, 1.165) is 79.0 Å². The van der Waals surface area contributed by atoms with E-state index in [1.165, 1.54) is 11.1 Å². The summed E-state index contributed by atoms with van der Waals surface area (Å²) in [6.45, 7) is 4.64. The van der Waals surface area contributed by atoms with Crippen LogP contribution in [0.2, 0.25) is 0 Å². The first-order valence-corrected chi connectivity index (χ1v) is 15.3. The molecular formula is C29H33BrFN7O2. The van der Waals surface area contributed by atoms with Crippen LogP contribution < -0.4 is 9.64 Å². The molecule has 4 aliphatic heterocycles. The van der Waals surface area contributed by atoms with Crippen LogP contribution in [-0.4, -0.2) is 67.8 Å². The van der Waals surface area contributed by atoms with Crippen LogP contribution in [0.25, 0.3) is 0 Å². The van der Waals surface area contributed by atoms with Crippen molar-refractivity contribution in [2.24, 2.45) is 0 Å². The van der Waals surface area contributed by atoms with Crippen molar-refractivity contribution in [3.05, 3.63) is 56.9 Å². The Hall–Kier alpha value is -2.63. The molecular weight excluding hydrogens is 577 g/mol. The molecule has 0 bridgehead atoms. The van der Waals surface area contributed by atoms with Crippen LogP contribution in [0.4, 0.5) is 10.2 Å². The molecule has 3 unspecified atom stereocenters. The number of hydrogen-bond donors (Lipinski definition) is 0. The Morgan fingerprint density at radius 3 is 3.05 bits per heavy atom. The van der Waals surface area contributed by atoms with Gasteiger partial charge in [0.1, 0.15) is 18.6 Å². The highest BCUT2D eigenvalue weighted by Crippen LogP contribution is 2.48. The first-order chi connectivity index (χ1) is 19.5. The van der Waals surface area contributed by atoms with Crippen molar-refractivity contribution in [3.63, 3.8) is 0 Å². The highest BCUT2D eigenvalue weighted by Gasteiger charge is 2.50. The molecule has 2 fully saturated rings. The average Bonchev–Trinajstić information content (AvgIpc) is 3.67. The topological polar surface area (TPSA) is 81.4 Å². The largest absolute Gasteiger partial charge is 0.461 e. The molecule has 3 aromatic rings. The molecule has 6 heterocycles. The summed E-state index contributed by atoms with van der Waals surface area (Å²) >= 11 is 3.67. The zero-order valence-corrected chi connectivity index (χ0v) is 24.1. The van der Waals surface area contributed by atoms with E-state index in [9.17, 15) is 4.39 Å². The number of halogens is 2. The molecule has 2 saturated heterocycles. The molecule has 0 amide bonds. The first kappa shape index (κ1) is 25.1. The van der Waals surface area contributed by atoms with Crippen molar-refractivity contribution in [3.8, 4) is 6.01 Å². The number of anilines is 1. The number of alkyl halides is 1. The van der Waals surface area contributed by atoms with Crippen molar-refractivity contribution in [1.29, 1.82) is 0 Å². The van der Waals surface area contributed by atoms with E-state index in [1.807, 2.05) is 10.9 Å². The number of nitrogens with zero attached hydrogens (tertiary/aromatic N) is 7. The summed E-state index contributed by atoms with van der Waals surface area (Å²) in [6.07, 6.45) is 7.14. The van der Waals surface area contributed by atoms with Crippen LogP contribution in [0.1, 0.15) is 60.2 Å². The van der Waals surface area contributed by atoms with Gasteiger partial charge in [0.2, 0.25) is 0 Å². The molecule has 11 heteroatoms. The minimum atomic E-state index is -0.793. The fraction of sp³-hybridized carbons (Fsp3) is 0.586. The second-order valence-corrected chi connectivity index (χ2v) is 13.0. The number of fused-ring (bicyclic) bond motifs is 5. The van der Waals surface area contributed by atoms with Crippen LogP contribution in [-0.2, 0) is 42.9 Å². The minimum Gasteiger partial charge on any atom is -0.461 e. The van der Waals surface area contributed by atoms with Crippen LogP contribution in [0.3, 0.4) is 0 Å². The van der Waals surface area contributed by atoms with Gasteiger partial charge in [0.25, 0.3) is 0 Å². The van der Waals surface area contributed by atoms with Crippen molar-refractivity contribution < 1.29 is 13.9 Å². The maximum Gasteiger partial charge on any atom is 0.318 e. The lowest BCUT2D eigenvalue weighted by Gasteiger charge is -2.37. The summed E-state index contributed by atoms with van der Waals surface area (Å²) in [6, 6.07) is 6.90. The molecule has 1 aliphatic carbocycles. The molecule has 9 nitrogen and oxygen atoms in total. The van der Waals surface area contributed by atoms with Crippen molar-refractivity contribution in [2.75, 3.05) is 31.1 Å². The highest BCUT2D eigenvalue weighted by molar-refractivity contribution is 9.10. The van der Waals surface area contributed by atoms with Crippen molar-refractivity contribution >= 4 is 21.7 Å². The maximum atomic E-state index is 14.4. The molecule has 0 saturated carbocycles. The van der Waals surface area contributed by atoms with Gasteiger partial charge in [-0.1, -0.05) is 27.2 Å². The van der Waals surface area contributed by atoms with E-state index < -0.39 is 11.8 Å². The third-order valence-electron chi connectivity index (χ3n) is 9.74. The standard InChI is InChI=1S/C29H33BrFN7O2/c30-20-4-3-19-5-7-29(24(19)11-20)13-25-23(17-40-29)26(36-8-2-10-38-22(16-36)14-32-35-38)34-27(33-25)39-18-28-6-1-9-37(28)15-21(31)12-28/h3-4,11,14,21H,1-2,5-10,12-13,15-18H2. The molecule has 5 aliphatic rings. The number of aromatic nitrogens is 5. The molecule has 1 aromatic carbocycles. The summed E-state index contributed by atoms with van der Waals surface area (Å²) in [5.74, 6) is 0.868. The fourth-order valence-electron chi connectivity index (χ4n) is 7.75. The Morgan fingerprint density at radius 2 is 2.10 bits per heavy atom. The first-order valence-electron chi connectivity index (χ1n) is 14.5. The SMILES string of the molecule is FC1CN2CCCC2(COc2nc3c(c(N4CCCn5nncc5C4)n2)COC2(CCc4ccc(Br)cc42)C3)C1. The molecule has 40 heavy (non-hydrogen) atoms. The van der Waals surface area contributed by atoms with Gasteiger partial charge in [0, 0.05) is 42.5 Å². The van der Waals surface area contributed by atoms with Crippen LogP contribution in [0, 0.1) is 0 Å². The van der Waals surface area contributed by atoms with Gasteiger partial charge >= 0.3 is 6.01 Å². The Kier molecular flexibility index (Phi) is 5.94. The second kappa shape index (κ2) is 9.46. The predicted octanol–water partition coefficient (Wildman–Crippen LogP) is 4.11. The van der Waals surface area contributed by atoms with Crippen LogP contribution in [0.5, 0.6) is 6.01 Å². The van der Waals surface area contributed by atoms with Gasteiger partial charge in [-0.05, 0) is 61.9 Å². The van der Waals surface area contributed by atoms with E-state index >= 15 is 0 Å². The Morgan fingerprint density at radius 1 is 1.15 bits per heavy atom. The number of benzene rings is 1. The predicted molar refractivity (Wildman–Crippen MR) is 149 cm³/mol. The Balaban J connectivity index is 1.16. The van der Waals surface area contributed by atoms with Gasteiger partial charge in [-0.2, -0.15) is 9.97 Å². The summed E-state index contributed by atoms with van der Waals surface area (Å²) < 4.78 is 30.7. The lowest BCUT2D eigenvalue weighted by Crippen LogP contribution is -2.43. The number of hydrogen-bond acceptors (Lipinski definition) is 8. The highest BCUT2D eigenvalue weighted by atomic mass is 79.9. The summed E-state index contributed by atoms with van der Waals surface area (Å²) in [5.41, 5.74) is 5.03. The van der Waals surface area contributed by atoms with Gasteiger partial charge in [-0.3, -0.25) is 4.90 Å². The normalized spacial score (nSPS) is 29.2. The molecule has 2 aromatic heterocycles. The molecule has 8 rings (SSSR count). The molecule has 0 N–H and O–H groups in total. The lowest BCUT2D eigenvalue weighted by molar-refractivity contribution is -0.0730. The zero-order valence-electron chi connectivity index (χ0n) is 22.5. The van der Waals surface area contributed by atoms with Gasteiger partial charge in [0.15, 0.2) is 0 Å². The van der Waals surface area contributed by atoms with E-state index in [2.05, 4.69) is 54.2 Å². The van der Waals surface area contributed by atoms with Crippen molar-refractivity contribution in [2.45, 2.75) is 82.0 Å². The van der Waals surface area contributed by atoms with E-state index in [1.54, 1.807) is 0 Å². The number of ether oxygens (including phenoxy) is 2. The molecule has 1 spiro atoms. The second-order valence-electron chi connectivity index (χ2n) is 12.1. The fourth-order valence-corrected chi connectivity index (χ4v) is 8.11. The molecule has 210 valence electrons. The van der Waals surface area contributed by atoms with Gasteiger partial charge in [0.05, 0.1) is 41.9 Å². The summed E-state index contributed by atoms with van der Waals surface area (Å²) in [4.78, 5) is 14.6. The van der Waals surface area contributed by atoms with Crippen LogP contribution in [0.15, 0.2) is 28.9 Å². The summed E-state index contributed by atoms with van der Waals surface area (Å²) in [5, 5.41) is 8.38. The Labute approximate surface area is 241 Å². The molecule has 0 radical (unpaired) electrons. The quantitative estimate of drug-likeness (QED) is 0.437. The Bertz CT molecular complexity index is 1470. The lowest BCUT2D eigenvalue weighted by atomic mass is 9.87. The van der Waals surface area contributed by atoms with E-state index in [-0.39, 0.29) is 5.54 Å². The van der Waals surface area contributed by atoms with Gasteiger partial charge in [-0.25, -0.2) is 9.07 Å². The van der Waals surface area contributed by atoms with E-state index in [0.29, 0.717) is 45.2 Å². The maximum absolute atomic E-state index is 14.4. The van der Waals surface area contributed by atoms with Crippen LogP contribution >= 0.6 is 15.9 Å². The minimum absolute atomic E-state index is 0.249. The van der Waals surface area contributed by atoms with E-state index in [4.69, 9.17) is 19.4 Å².